The molecule has 4 rings (SSSR count). The third-order valence-corrected chi connectivity index (χ3v) is 6.43. The fraction of sp³-hybridized carbons (Fsp3) is 0.320. The third-order valence-electron chi connectivity index (χ3n) is 5.66. The zero-order valence-corrected chi connectivity index (χ0v) is 20.0. The van der Waals surface area contributed by atoms with Gasteiger partial charge in [0, 0.05) is 35.6 Å². The number of hydrogen-bond acceptors (Lipinski definition) is 8. The molecule has 0 bridgehead atoms. The van der Waals surface area contributed by atoms with Crippen LogP contribution in [-0.2, 0) is 14.3 Å². The molecule has 0 aliphatic carbocycles. The van der Waals surface area contributed by atoms with E-state index >= 15 is 0 Å². The molecular weight excluding hydrogens is 456 g/mol. The lowest BCUT2D eigenvalue weighted by Crippen LogP contribution is -2.38. The van der Waals surface area contributed by atoms with Crippen molar-refractivity contribution in [2.24, 2.45) is 5.41 Å². The summed E-state index contributed by atoms with van der Waals surface area (Å²) in [4.78, 5) is 28.5. The van der Waals surface area contributed by atoms with Crippen LogP contribution in [0.25, 0.3) is 0 Å². The van der Waals surface area contributed by atoms with Crippen LogP contribution in [0, 0.1) is 5.41 Å². The first-order chi connectivity index (χ1) is 16.4. The molecule has 1 atom stereocenters. The minimum atomic E-state index is -0.868. The van der Waals surface area contributed by atoms with Gasteiger partial charge in [0.15, 0.2) is 18.2 Å². The number of nitrogens with zero attached hydrogens (tertiary/aromatic N) is 1. The molecule has 0 saturated heterocycles. The van der Waals surface area contributed by atoms with Gasteiger partial charge in [-0.1, -0.05) is 38.1 Å². The van der Waals surface area contributed by atoms with E-state index in [1.165, 1.54) is 11.3 Å². The van der Waals surface area contributed by atoms with Gasteiger partial charge >= 0.3 is 0 Å². The number of anilines is 1. The van der Waals surface area contributed by atoms with E-state index in [2.05, 4.69) is 10.3 Å². The van der Waals surface area contributed by atoms with E-state index in [0.717, 1.165) is 11.1 Å². The number of methoxy groups -OCH3 is 1. The fourth-order valence-corrected chi connectivity index (χ4v) is 4.56. The smallest absolute Gasteiger partial charge is 0.232 e. The average Bonchev–Trinajstić information content (AvgIpc) is 3.29. The number of benzene rings is 2. The van der Waals surface area contributed by atoms with Gasteiger partial charge in [-0.2, -0.15) is 0 Å². The molecule has 34 heavy (non-hydrogen) atoms. The van der Waals surface area contributed by atoms with Gasteiger partial charge in [0.1, 0.15) is 22.9 Å². The number of carbonyl (C=O) groups excluding carboxylic acids is 2. The summed E-state index contributed by atoms with van der Waals surface area (Å²) < 4.78 is 22.2. The minimum Gasteiger partial charge on any atom is -0.467 e. The van der Waals surface area contributed by atoms with Crippen LogP contribution in [0.5, 0.6) is 17.2 Å². The van der Waals surface area contributed by atoms with Crippen LogP contribution in [0.4, 0.5) is 5.13 Å². The Labute approximate surface area is 201 Å². The Balaban J connectivity index is 1.61. The molecule has 8 nitrogen and oxygen atoms in total. The highest BCUT2D eigenvalue weighted by atomic mass is 32.1. The number of aldehydes is 1. The van der Waals surface area contributed by atoms with Crippen molar-refractivity contribution in [3.8, 4) is 17.2 Å². The zero-order valence-electron chi connectivity index (χ0n) is 19.2. The molecule has 9 heteroatoms. The topological polar surface area (TPSA) is 96.0 Å². The Bertz CT molecular complexity index is 1180. The lowest BCUT2D eigenvalue weighted by molar-refractivity contribution is -0.124. The Morgan fingerprint density at radius 2 is 1.97 bits per heavy atom. The molecule has 178 valence electrons. The van der Waals surface area contributed by atoms with E-state index in [1.54, 1.807) is 12.5 Å². The Morgan fingerprint density at radius 1 is 1.18 bits per heavy atom. The number of ether oxygens (including phenoxy) is 4. The summed E-state index contributed by atoms with van der Waals surface area (Å²) in [6, 6.07) is 13.3. The Kier molecular flexibility index (Phi) is 7.26. The van der Waals surface area contributed by atoms with E-state index in [1.807, 2.05) is 56.3 Å². The summed E-state index contributed by atoms with van der Waals surface area (Å²) in [6.07, 6.45) is 0.657. The lowest BCUT2D eigenvalue weighted by Gasteiger charge is -2.38. The predicted octanol–water partition coefficient (Wildman–Crippen LogP) is 4.86. The lowest BCUT2D eigenvalue weighted by atomic mass is 9.69. The van der Waals surface area contributed by atoms with E-state index in [9.17, 15) is 9.59 Å². The molecule has 1 unspecified atom stereocenters. The molecule has 1 amide bonds. The first kappa shape index (κ1) is 23.9. The summed E-state index contributed by atoms with van der Waals surface area (Å²) in [5.41, 5.74) is 1.21. The molecule has 1 aliphatic heterocycles. The highest BCUT2D eigenvalue weighted by Crippen LogP contribution is 2.52. The average molecular weight is 483 g/mol. The van der Waals surface area contributed by atoms with Gasteiger partial charge in [-0.3, -0.25) is 9.59 Å². The maximum Gasteiger partial charge on any atom is 0.232 e. The van der Waals surface area contributed by atoms with Crippen molar-refractivity contribution < 1.29 is 28.5 Å². The first-order valence-electron chi connectivity index (χ1n) is 10.8. The summed E-state index contributed by atoms with van der Waals surface area (Å²) >= 11 is 1.22. The quantitative estimate of drug-likeness (QED) is 0.250. The molecule has 1 aliphatic rings. The SMILES string of the molecule is COCCOCOc1ccc2c(c1)Oc1ccccc1C2C(C)(C)C(=O)Nc1nc(C=O)cs1. The highest BCUT2D eigenvalue weighted by molar-refractivity contribution is 7.14. The monoisotopic (exact) mass is 482 g/mol. The summed E-state index contributed by atoms with van der Waals surface area (Å²) in [5.74, 6) is 1.41. The predicted molar refractivity (Wildman–Crippen MR) is 128 cm³/mol. The number of rotatable bonds is 10. The molecule has 0 spiro atoms. The van der Waals surface area contributed by atoms with Crippen molar-refractivity contribution in [1.29, 1.82) is 0 Å². The van der Waals surface area contributed by atoms with Crippen LogP contribution in [0.15, 0.2) is 47.8 Å². The molecule has 1 N–H and O–H groups in total. The fourth-order valence-electron chi connectivity index (χ4n) is 3.90. The number of carbonyl (C=O) groups is 2. The van der Waals surface area contributed by atoms with E-state index in [4.69, 9.17) is 18.9 Å². The molecular formula is C25H26N2O6S. The third kappa shape index (κ3) is 4.96. The zero-order chi connectivity index (χ0) is 24.1. The number of nitrogens with one attached hydrogen (secondary N) is 1. The van der Waals surface area contributed by atoms with Crippen LogP contribution < -0.4 is 14.8 Å². The molecule has 0 fully saturated rings. The minimum absolute atomic E-state index is 0.0899. The molecule has 2 heterocycles. The number of fused-ring (bicyclic) bond motifs is 2. The Hall–Kier alpha value is -3.27. The van der Waals surface area contributed by atoms with Gasteiger partial charge in [-0.25, -0.2) is 4.98 Å². The van der Waals surface area contributed by atoms with E-state index < -0.39 is 5.41 Å². The van der Waals surface area contributed by atoms with Crippen LogP contribution >= 0.6 is 11.3 Å². The summed E-state index contributed by atoms with van der Waals surface area (Å²) in [5, 5.41) is 4.86. The van der Waals surface area contributed by atoms with Crippen molar-refractivity contribution in [3.05, 3.63) is 64.7 Å². The number of hydrogen-bond donors (Lipinski definition) is 1. The molecule has 0 saturated carbocycles. The maximum absolute atomic E-state index is 13.4. The second kappa shape index (κ2) is 10.3. The maximum atomic E-state index is 13.4. The van der Waals surface area contributed by atoms with Gasteiger partial charge in [-0.05, 0) is 12.1 Å². The number of para-hydroxylation sites is 1. The largest absolute Gasteiger partial charge is 0.467 e. The number of thiazole rings is 1. The van der Waals surface area contributed by atoms with Crippen molar-refractivity contribution in [2.45, 2.75) is 19.8 Å². The van der Waals surface area contributed by atoms with Gasteiger partial charge in [0.25, 0.3) is 0 Å². The van der Waals surface area contributed by atoms with E-state index in [0.29, 0.717) is 47.6 Å². The van der Waals surface area contributed by atoms with Crippen LogP contribution in [0.2, 0.25) is 0 Å². The van der Waals surface area contributed by atoms with Gasteiger partial charge in [0.2, 0.25) is 5.91 Å². The molecule has 2 aromatic carbocycles. The Morgan fingerprint density at radius 3 is 2.74 bits per heavy atom. The second-order valence-corrected chi connectivity index (χ2v) is 9.17. The van der Waals surface area contributed by atoms with Gasteiger partial charge in [-0.15, -0.1) is 11.3 Å². The second-order valence-electron chi connectivity index (χ2n) is 8.31. The van der Waals surface area contributed by atoms with Gasteiger partial charge in [0.05, 0.1) is 18.6 Å². The van der Waals surface area contributed by atoms with Crippen molar-refractivity contribution >= 4 is 28.7 Å². The van der Waals surface area contributed by atoms with Crippen LogP contribution in [0.3, 0.4) is 0 Å². The summed E-state index contributed by atoms with van der Waals surface area (Å²) in [7, 11) is 1.61. The summed E-state index contributed by atoms with van der Waals surface area (Å²) in [6.45, 7) is 4.79. The highest BCUT2D eigenvalue weighted by Gasteiger charge is 2.43. The standard InChI is InChI=1S/C25H26N2O6S/c1-25(2,23(29)27-24-26-16(13-28)14-34-24)22-18-6-4-5-7-20(18)33-21-12-17(8-9-19(21)22)32-15-31-11-10-30-3/h4-9,12-14,22H,10-11,15H2,1-3H3,(H,26,27,29). The molecule has 3 aromatic rings. The van der Waals surface area contributed by atoms with Gasteiger partial charge < -0.3 is 24.3 Å². The van der Waals surface area contributed by atoms with Crippen LogP contribution in [-0.4, -0.2) is 44.3 Å². The van der Waals surface area contributed by atoms with Crippen LogP contribution in [0.1, 0.15) is 41.4 Å². The normalized spacial score (nSPS) is 14.5. The first-order valence-corrected chi connectivity index (χ1v) is 11.6. The molecule has 0 radical (unpaired) electrons. The number of amides is 1. The van der Waals surface area contributed by atoms with E-state index in [-0.39, 0.29) is 18.6 Å². The van der Waals surface area contributed by atoms with Crippen molar-refractivity contribution in [1.82, 2.24) is 4.98 Å². The number of aromatic nitrogens is 1. The van der Waals surface area contributed by atoms with Crippen molar-refractivity contribution in [2.75, 3.05) is 32.4 Å². The molecule has 1 aromatic heterocycles. The van der Waals surface area contributed by atoms with Crippen molar-refractivity contribution in [3.63, 3.8) is 0 Å².